The van der Waals surface area contributed by atoms with E-state index in [1.807, 2.05) is 0 Å². The molecule has 0 spiro atoms. The second-order valence-electron chi connectivity index (χ2n) is 6.36. The first-order chi connectivity index (χ1) is 9.71. The molecule has 1 aromatic heterocycles. The van der Waals surface area contributed by atoms with Crippen molar-refractivity contribution >= 4 is 5.82 Å². The predicted octanol–water partition coefficient (Wildman–Crippen LogP) is 3.19. The first-order valence-corrected chi connectivity index (χ1v) is 8.18. The van der Waals surface area contributed by atoms with Crippen LogP contribution in [0.5, 0.6) is 0 Å². The van der Waals surface area contributed by atoms with Gasteiger partial charge in [0.1, 0.15) is 5.82 Å². The maximum absolute atomic E-state index is 4.70. The van der Waals surface area contributed by atoms with E-state index in [9.17, 15) is 0 Å². The summed E-state index contributed by atoms with van der Waals surface area (Å²) in [6, 6.07) is 5.41. The molecule has 3 heterocycles. The van der Waals surface area contributed by atoms with Gasteiger partial charge in [0.05, 0.1) is 0 Å². The van der Waals surface area contributed by atoms with Crippen molar-refractivity contribution < 1.29 is 0 Å². The summed E-state index contributed by atoms with van der Waals surface area (Å²) in [5.74, 6) is 1.92. The first-order valence-electron chi connectivity index (χ1n) is 8.18. The van der Waals surface area contributed by atoms with E-state index in [1.54, 1.807) is 0 Å². The first kappa shape index (κ1) is 13.9. The lowest BCUT2D eigenvalue weighted by Crippen LogP contribution is -2.50. The van der Waals surface area contributed by atoms with Crippen LogP contribution in [0.25, 0.3) is 0 Å². The average Bonchev–Trinajstić information content (AvgIpc) is 2.30. The Morgan fingerprint density at radius 2 is 1.90 bits per heavy atom. The van der Waals surface area contributed by atoms with Crippen LogP contribution in [-0.4, -0.2) is 42.1 Å². The lowest BCUT2D eigenvalue weighted by atomic mass is 9.89. The fraction of sp³-hybridized carbons (Fsp3) is 0.706. The fourth-order valence-corrected chi connectivity index (χ4v) is 3.45. The molecule has 0 radical (unpaired) electrons. The monoisotopic (exact) mass is 273 g/mol. The van der Waals surface area contributed by atoms with E-state index in [0.717, 1.165) is 12.0 Å². The molecule has 3 rings (SSSR count). The number of hydrogen-bond donors (Lipinski definition) is 0. The third-order valence-electron chi connectivity index (χ3n) is 4.98. The molecule has 0 aromatic carbocycles. The number of rotatable bonds is 5. The predicted molar refractivity (Wildman–Crippen MR) is 84.5 cm³/mol. The van der Waals surface area contributed by atoms with Gasteiger partial charge in [0.2, 0.25) is 0 Å². The van der Waals surface area contributed by atoms with Crippen molar-refractivity contribution in [3.63, 3.8) is 0 Å². The average molecular weight is 273 g/mol. The highest BCUT2D eigenvalue weighted by Crippen LogP contribution is 2.32. The summed E-state index contributed by atoms with van der Waals surface area (Å²) in [4.78, 5) is 9.73. The molecule has 0 amide bonds. The molecule has 3 nitrogen and oxygen atoms in total. The lowest BCUT2D eigenvalue weighted by molar-refractivity contribution is 0.0861. The Kier molecular flexibility index (Phi) is 3.97. The van der Waals surface area contributed by atoms with Gasteiger partial charge in [-0.25, -0.2) is 4.98 Å². The van der Waals surface area contributed by atoms with Crippen molar-refractivity contribution in [3.05, 3.63) is 23.4 Å². The molecular formula is C17H27N3. The van der Waals surface area contributed by atoms with E-state index in [4.69, 9.17) is 4.98 Å². The van der Waals surface area contributed by atoms with E-state index < -0.39 is 0 Å². The summed E-state index contributed by atoms with van der Waals surface area (Å²) in [6.07, 6.45) is 3.87. The second kappa shape index (κ2) is 5.72. The van der Waals surface area contributed by atoms with Gasteiger partial charge in [-0.1, -0.05) is 13.8 Å². The molecular weight excluding hydrogens is 246 g/mol. The van der Waals surface area contributed by atoms with Gasteiger partial charge >= 0.3 is 0 Å². The minimum absolute atomic E-state index is 0.720. The zero-order chi connectivity index (χ0) is 14.1. The zero-order valence-electron chi connectivity index (χ0n) is 13.1. The summed E-state index contributed by atoms with van der Waals surface area (Å²) in [7, 11) is 0. The van der Waals surface area contributed by atoms with E-state index in [-0.39, 0.29) is 0 Å². The molecule has 0 bridgehead atoms. The van der Waals surface area contributed by atoms with Crippen LogP contribution in [0.4, 0.5) is 5.82 Å². The van der Waals surface area contributed by atoms with E-state index >= 15 is 0 Å². The van der Waals surface area contributed by atoms with Crippen molar-refractivity contribution in [1.82, 2.24) is 9.88 Å². The number of aromatic nitrogens is 1. The number of hydrogen-bond acceptors (Lipinski definition) is 3. The SMILES string of the molecule is CCC(CC)N1CC(c2cc(C)nc(N3CCC3)c2)C1. The molecule has 0 aliphatic carbocycles. The Bertz CT molecular complexity index is 457. The molecule has 110 valence electrons. The molecule has 2 saturated heterocycles. The van der Waals surface area contributed by atoms with Gasteiger partial charge < -0.3 is 4.90 Å². The Morgan fingerprint density at radius 3 is 2.45 bits per heavy atom. The Morgan fingerprint density at radius 1 is 1.20 bits per heavy atom. The van der Waals surface area contributed by atoms with E-state index in [0.29, 0.717) is 0 Å². The van der Waals surface area contributed by atoms with Gasteiger partial charge in [0, 0.05) is 43.8 Å². The Hall–Kier alpha value is -1.09. The summed E-state index contributed by atoms with van der Waals surface area (Å²) >= 11 is 0. The topological polar surface area (TPSA) is 19.4 Å². The maximum atomic E-state index is 4.70. The van der Waals surface area contributed by atoms with Crippen LogP contribution in [-0.2, 0) is 0 Å². The summed E-state index contributed by atoms with van der Waals surface area (Å²) < 4.78 is 0. The number of nitrogens with zero attached hydrogens (tertiary/aromatic N) is 3. The fourth-order valence-electron chi connectivity index (χ4n) is 3.45. The van der Waals surface area contributed by atoms with E-state index in [1.165, 1.54) is 62.5 Å². The third kappa shape index (κ3) is 2.56. The van der Waals surface area contributed by atoms with Crippen LogP contribution in [0.2, 0.25) is 0 Å². The van der Waals surface area contributed by atoms with Crippen LogP contribution in [0.1, 0.15) is 50.3 Å². The van der Waals surface area contributed by atoms with Gasteiger partial charge in [-0.15, -0.1) is 0 Å². The molecule has 1 aromatic rings. The van der Waals surface area contributed by atoms with Crippen LogP contribution in [0.3, 0.4) is 0 Å². The van der Waals surface area contributed by atoms with Crippen molar-refractivity contribution in [2.45, 2.75) is 52.0 Å². The van der Waals surface area contributed by atoms with Gasteiger partial charge in [-0.05, 0) is 43.9 Å². The molecule has 0 unspecified atom stereocenters. The smallest absolute Gasteiger partial charge is 0.129 e. The van der Waals surface area contributed by atoms with E-state index in [2.05, 4.69) is 42.7 Å². The third-order valence-corrected chi connectivity index (χ3v) is 4.98. The Labute approximate surface area is 123 Å². The van der Waals surface area contributed by atoms with Gasteiger partial charge in [0.25, 0.3) is 0 Å². The summed E-state index contributed by atoms with van der Waals surface area (Å²) in [5.41, 5.74) is 2.67. The summed E-state index contributed by atoms with van der Waals surface area (Å²) in [6.45, 7) is 11.6. The minimum Gasteiger partial charge on any atom is -0.356 e. The molecule has 0 N–H and O–H groups in total. The highest BCUT2D eigenvalue weighted by atomic mass is 15.2. The maximum Gasteiger partial charge on any atom is 0.129 e. The largest absolute Gasteiger partial charge is 0.356 e. The Balaban J connectivity index is 1.68. The number of anilines is 1. The number of likely N-dealkylation sites (tertiary alicyclic amines) is 1. The minimum atomic E-state index is 0.720. The van der Waals surface area contributed by atoms with Crippen LogP contribution < -0.4 is 4.90 Å². The number of aryl methyl sites for hydroxylation is 1. The van der Waals surface area contributed by atoms with Gasteiger partial charge in [-0.3, -0.25) is 4.90 Å². The second-order valence-corrected chi connectivity index (χ2v) is 6.36. The van der Waals surface area contributed by atoms with Crippen molar-refractivity contribution in [2.75, 3.05) is 31.1 Å². The van der Waals surface area contributed by atoms with Gasteiger partial charge in [-0.2, -0.15) is 0 Å². The van der Waals surface area contributed by atoms with Crippen LogP contribution in [0, 0.1) is 6.92 Å². The van der Waals surface area contributed by atoms with Crippen molar-refractivity contribution in [2.24, 2.45) is 0 Å². The highest BCUT2D eigenvalue weighted by Gasteiger charge is 2.32. The molecule has 20 heavy (non-hydrogen) atoms. The molecule has 2 aliphatic rings. The molecule has 0 saturated carbocycles. The normalized spacial score (nSPS) is 20.1. The quantitative estimate of drug-likeness (QED) is 0.821. The van der Waals surface area contributed by atoms with Crippen molar-refractivity contribution in [3.8, 4) is 0 Å². The summed E-state index contributed by atoms with van der Waals surface area (Å²) in [5, 5.41) is 0. The number of pyridine rings is 1. The molecule has 2 aliphatic heterocycles. The molecule has 3 heteroatoms. The van der Waals surface area contributed by atoms with Crippen LogP contribution in [0.15, 0.2) is 12.1 Å². The zero-order valence-corrected chi connectivity index (χ0v) is 13.1. The van der Waals surface area contributed by atoms with Crippen LogP contribution >= 0.6 is 0 Å². The standard InChI is InChI=1S/C17H27N3/c1-4-16(5-2)20-11-15(12-20)14-9-13(3)18-17(10-14)19-7-6-8-19/h9-10,15-16H,4-8,11-12H2,1-3H3. The van der Waals surface area contributed by atoms with Crippen molar-refractivity contribution in [1.29, 1.82) is 0 Å². The highest BCUT2D eigenvalue weighted by molar-refractivity contribution is 5.46. The molecule has 2 fully saturated rings. The lowest BCUT2D eigenvalue weighted by Gasteiger charge is -2.44. The van der Waals surface area contributed by atoms with Gasteiger partial charge in [0.15, 0.2) is 0 Å². The molecule has 0 atom stereocenters.